The highest BCUT2D eigenvalue weighted by molar-refractivity contribution is 7.89. The van der Waals surface area contributed by atoms with Crippen LogP contribution in [0.2, 0.25) is 5.02 Å². The zero-order valence-electron chi connectivity index (χ0n) is 17.9. The van der Waals surface area contributed by atoms with Gasteiger partial charge in [0.15, 0.2) is 0 Å². The predicted octanol–water partition coefficient (Wildman–Crippen LogP) is 5.89. The van der Waals surface area contributed by atoms with Gasteiger partial charge in [0.2, 0.25) is 10.0 Å². The van der Waals surface area contributed by atoms with Crippen LogP contribution < -0.4 is 0 Å². The molecule has 164 valence electrons. The van der Waals surface area contributed by atoms with Crippen molar-refractivity contribution in [3.63, 3.8) is 0 Å². The molecule has 0 atom stereocenters. The van der Waals surface area contributed by atoms with Crippen molar-refractivity contribution in [1.29, 1.82) is 0 Å². The molecule has 0 N–H and O–H groups in total. The van der Waals surface area contributed by atoms with Crippen molar-refractivity contribution in [2.24, 2.45) is 0 Å². The third-order valence-corrected chi connectivity index (χ3v) is 7.57. The van der Waals surface area contributed by atoms with Gasteiger partial charge in [-0.2, -0.15) is 4.31 Å². The molecule has 0 bridgehead atoms. The summed E-state index contributed by atoms with van der Waals surface area (Å²) in [4.78, 5) is 0.231. The number of aryl methyl sites for hydroxylation is 1. The molecule has 4 nitrogen and oxygen atoms in total. The molecule has 0 unspecified atom stereocenters. The molecule has 0 radical (unpaired) electrons. The van der Waals surface area contributed by atoms with Gasteiger partial charge in [-0.05, 0) is 60.0 Å². The zero-order valence-corrected chi connectivity index (χ0v) is 19.4. The average molecular weight is 465 g/mol. The molecule has 0 spiro atoms. The summed E-state index contributed by atoms with van der Waals surface area (Å²) in [6, 6.07) is 28.2. The summed E-state index contributed by atoms with van der Waals surface area (Å²) in [6.45, 7) is 3.32. The number of aromatic nitrogens is 1. The molecule has 4 rings (SSSR count). The minimum atomic E-state index is -3.73. The third-order valence-electron chi connectivity index (χ3n) is 5.52. The number of nitrogens with zero attached hydrogens (tertiary/aromatic N) is 2. The second kappa shape index (κ2) is 9.74. The van der Waals surface area contributed by atoms with Gasteiger partial charge in [-0.3, -0.25) is 0 Å². The number of sulfonamides is 1. The molecular weight excluding hydrogens is 440 g/mol. The van der Waals surface area contributed by atoms with E-state index in [1.807, 2.05) is 60.8 Å². The molecule has 0 amide bonds. The van der Waals surface area contributed by atoms with Crippen LogP contribution in [0.25, 0.3) is 0 Å². The fraction of sp³-hybridized carbons (Fsp3) is 0.154. The highest BCUT2D eigenvalue weighted by Gasteiger charge is 2.26. The van der Waals surface area contributed by atoms with Crippen molar-refractivity contribution in [1.82, 2.24) is 8.87 Å². The molecule has 1 aromatic heterocycles. The molecular formula is C26H25ClN2O2S. The van der Waals surface area contributed by atoms with E-state index in [4.69, 9.17) is 11.6 Å². The van der Waals surface area contributed by atoms with Gasteiger partial charge >= 0.3 is 0 Å². The van der Waals surface area contributed by atoms with Crippen molar-refractivity contribution < 1.29 is 8.42 Å². The Labute approximate surface area is 194 Å². The van der Waals surface area contributed by atoms with E-state index in [1.54, 1.807) is 24.3 Å². The normalized spacial score (nSPS) is 11.7. The molecule has 1 heterocycles. The van der Waals surface area contributed by atoms with Gasteiger partial charge < -0.3 is 4.57 Å². The van der Waals surface area contributed by atoms with Crippen LogP contribution in [-0.4, -0.2) is 17.3 Å². The lowest BCUT2D eigenvalue weighted by Gasteiger charge is -2.23. The van der Waals surface area contributed by atoms with Crippen LogP contribution in [-0.2, 0) is 29.7 Å². The Morgan fingerprint density at radius 3 is 2.22 bits per heavy atom. The maximum Gasteiger partial charge on any atom is 0.243 e. The van der Waals surface area contributed by atoms with Crippen LogP contribution in [0.3, 0.4) is 0 Å². The minimum Gasteiger partial charge on any atom is -0.346 e. The summed E-state index contributed by atoms with van der Waals surface area (Å²) in [5.41, 5.74) is 4.28. The third kappa shape index (κ3) is 5.13. The van der Waals surface area contributed by atoms with Crippen LogP contribution in [0.15, 0.2) is 102 Å². The second-order valence-electron chi connectivity index (χ2n) is 7.77. The Hall–Kier alpha value is -2.86. The Kier molecular flexibility index (Phi) is 6.80. The van der Waals surface area contributed by atoms with Gasteiger partial charge in [0.1, 0.15) is 0 Å². The van der Waals surface area contributed by atoms with E-state index >= 15 is 0 Å². The Morgan fingerprint density at radius 1 is 0.812 bits per heavy atom. The molecule has 0 fully saturated rings. The lowest BCUT2D eigenvalue weighted by atomic mass is 10.1. The van der Waals surface area contributed by atoms with Gasteiger partial charge in [-0.1, -0.05) is 66.2 Å². The predicted molar refractivity (Wildman–Crippen MR) is 129 cm³/mol. The van der Waals surface area contributed by atoms with E-state index in [2.05, 4.69) is 23.6 Å². The van der Waals surface area contributed by atoms with E-state index in [0.29, 0.717) is 11.6 Å². The SMILES string of the molecule is Cc1ccccc1Cn1cccc1CN(Cc1ccccc1)S(=O)(=O)c1ccc(Cl)cc1. The van der Waals surface area contributed by atoms with E-state index in [9.17, 15) is 8.42 Å². The summed E-state index contributed by atoms with van der Waals surface area (Å²) in [6.07, 6.45) is 2.00. The topological polar surface area (TPSA) is 42.3 Å². The maximum atomic E-state index is 13.6. The highest BCUT2D eigenvalue weighted by Crippen LogP contribution is 2.23. The second-order valence-corrected chi connectivity index (χ2v) is 10.1. The summed E-state index contributed by atoms with van der Waals surface area (Å²) < 4.78 is 30.8. The van der Waals surface area contributed by atoms with Crippen LogP contribution in [0, 0.1) is 6.92 Å². The van der Waals surface area contributed by atoms with Crippen molar-refractivity contribution in [2.75, 3.05) is 0 Å². The molecule has 32 heavy (non-hydrogen) atoms. The van der Waals surface area contributed by atoms with Gasteiger partial charge in [-0.15, -0.1) is 0 Å². The van der Waals surface area contributed by atoms with Crippen LogP contribution in [0.5, 0.6) is 0 Å². The Bertz CT molecular complexity index is 1280. The van der Waals surface area contributed by atoms with Crippen molar-refractivity contribution in [2.45, 2.75) is 31.5 Å². The molecule has 0 saturated carbocycles. The van der Waals surface area contributed by atoms with E-state index in [-0.39, 0.29) is 18.0 Å². The van der Waals surface area contributed by atoms with Crippen molar-refractivity contribution >= 4 is 21.6 Å². The number of halogens is 1. The quantitative estimate of drug-likeness (QED) is 0.326. The summed E-state index contributed by atoms with van der Waals surface area (Å²) in [5.74, 6) is 0. The van der Waals surface area contributed by atoms with E-state index in [1.165, 1.54) is 15.4 Å². The number of hydrogen-bond acceptors (Lipinski definition) is 2. The molecule has 0 aliphatic heterocycles. The molecule has 3 aromatic carbocycles. The lowest BCUT2D eigenvalue weighted by Crippen LogP contribution is -2.31. The minimum absolute atomic E-state index is 0.231. The Morgan fingerprint density at radius 2 is 1.50 bits per heavy atom. The molecule has 6 heteroatoms. The number of benzene rings is 3. The average Bonchev–Trinajstić information content (AvgIpc) is 3.22. The molecule has 4 aromatic rings. The summed E-state index contributed by atoms with van der Waals surface area (Å²) in [5, 5.41) is 0.505. The van der Waals surface area contributed by atoms with Gasteiger partial charge in [0.25, 0.3) is 0 Å². The van der Waals surface area contributed by atoms with Crippen LogP contribution in [0.4, 0.5) is 0 Å². The first-order chi connectivity index (χ1) is 15.4. The standard InChI is InChI=1S/C26H25ClN2O2S/c1-21-8-5-6-11-23(21)19-28-17-7-12-25(28)20-29(18-22-9-3-2-4-10-22)32(30,31)26-15-13-24(27)14-16-26/h2-17H,18-20H2,1H3. The van der Waals surface area contributed by atoms with Crippen LogP contribution >= 0.6 is 11.6 Å². The summed E-state index contributed by atoms with van der Waals surface area (Å²) in [7, 11) is -3.73. The summed E-state index contributed by atoms with van der Waals surface area (Å²) >= 11 is 5.98. The van der Waals surface area contributed by atoms with Gasteiger partial charge in [-0.25, -0.2) is 8.42 Å². The number of rotatable bonds is 8. The maximum absolute atomic E-state index is 13.6. The van der Waals surface area contributed by atoms with Gasteiger partial charge in [0, 0.05) is 30.0 Å². The van der Waals surface area contributed by atoms with Crippen molar-refractivity contribution in [3.05, 3.63) is 125 Å². The zero-order chi connectivity index (χ0) is 22.6. The molecule has 0 aliphatic rings. The first kappa shape index (κ1) is 22.3. The van der Waals surface area contributed by atoms with Crippen molar-refractivity contribution in [3.8, 4) is 0 Å². The first-order valence-corrected chi connectivity index (χ1v) is 12.2. The Balaban J connectivity index is 1.67. The smallest absolute Gasteiger partial charge is 0.243 e. The van der Waals surface area contributed by atoms with Gasteiger partial charge in [0.05, 0.1) is 11.4 Å². The lowest BCUT2D eigenvalue weighted by molar-refractivity contribution is 0.391. The molecule has 0 saturated heterocycles. The number of hydrogen-bond donors (Lipinski definition) is 0. The monoisotopic (exact) mass is 464 g/mol. The largest absolute Gasteiger partial charge is 0.346 e. The van der Waals surface area contributed by atoms with E-state index < -0.39 is 10.0 Å². The molecule has 0 aliphatic carbocycles. The fourth-order valence-corrected chi connectivity index (χ4v) is 5.19. The fourth-order valence-electron chi connectivity index (χ4n) is 3.67. The first-order valence-electron chi connectivity index (χ1n) is 10.4. The van der Waals surface area contributed by atoms with Crippen LogP contribution in [0.1, 0.15) is 22.4 Å². The van der Waals surface area contributed by atoms with E-state index in [0.717, 1.165) is 11.3 Å². The highest BCUT2D eigenvalue weighted by atomic mass is 35.5.